The van der Waals surface area contributed by atoms with E-state index in [1.165, 1.54) is 19.3 Å². The van der Waals surface area contributed by atoms with E-state index in [-0.39, 0.29) is 6.54 Å². The molecule has 1 saturated carbocycles. The molecular weight excluding hydrogens is 186 g/mol. The summed E-state index contributed by atoms with van der Waals surface area (Å²) < 4.78 is 23.8. The van der Waals surface area contributed by atoms with E-state index in [2.05, 4.69) is 10.6 Å². The van der Waals surface area contributed by atoms with E-state index in [0.717, 1.165) is 18.4 Å². The van der Waals surface area contributed by atoms with Crippen LogP contribution in [0.3, 0.4) is 0 Å². The minimum absolute atomic E-state index is 0.171. The predicted molar refractivity (Wildman–Crippen MR) is 51.5 cm³/mol. The molecule has 0 amide bonds. The Bertz CT molecular complexity index is 187. The molecule has 2 nitrogen and oxygen atoms in total. The molecule has 0 aromatic heterocycles. The maximum atomic E-state index is 11.9. The summed E-state index contributed by atoms with van der Waals surface area (Å²) in [6.07, 6.45) is 1.69. The Hall–Kier alpha value is -0.220. The van der Waals surface area contributed by atoms with Gasteiger partial charge in [-0.15, -0.1) is 0 Å². The second-order valence-corrected chi connectivity index (χ2v) is 4.42. The number of hydrogen-bond acceptors (Lipinski definition) is 2. The van der Waals surface area contributed by atoms with Crippen molar-refractivity contribution in [2.24, 2.45) is 11.8 Å². The van der Waals surface area contributed by atoms with Crippen LogP contribution >= 0.6 is 0 Å². The molecule has 2 aliphatic rings. The first-order chi connectivity index (χ1) is 6.77. The third-order valence-corrected chi connectivity index (χ3v) is 3.54. The standard InChI is InChI=1S/C10H18F2N2/c11-10(12)6-13-5-9-8-3-1-2-7(8)4-14-9/h7-10,13-14H,1-6H2. The first kappa shape index (κ1) is 10.3. The summed E-state index contributed by atoms with van der Waals surface area (Å²) in [5, 5.41) is 6.25. The third kappa shape index (κ3) is 2.23. The largest absolute Gasteiger partial charge is 0.312 e. The molecule has 0 aromatic carbocycles. The molecule has 0 radical (unpaired) electrons. The van der Waals surface area contributed by atoms with E-state index in [4.69, 9.17) is 0 Å². The highest BCUT2D eigenvalue weighted by molar-refractivity contribution is 4.94. The van der Waals surface area contributed by atoms with Crippen molar-refractivity contribution in [2.45, 2.75) is 31.7 Å². The van der Waals surface area contributed by atoms with Crippen LogP contribution in [0.1, 0.15) is 19.3 Å². The topological polar surface area (TPSA) is 24.1 Å². The molecule has 3 unspecified atom stereocenters. The van der Waals surface area contributed by atoms with Crippen LogP contribution in [0.4, 0.5) is 8.78 Å². The lowest BCUT2D eigenvalue weighted by Crippen LogP contribution is -2.39. The lowest BCUT2D eigenvalue weighted by molar-refractivity contribution is 0.144. The molecule has 3 atom stereocenters. The van der Waals surface area contributed by atoms with Crippen LogP contribution in [0.5, 0.6) is 0 Å². The molecule has 0 aromatic rings. The van der Waals surface area contributed by atoms with Gasteiger partial charge in [-0.2, -0.15) is 0 Å². The Balaban J connectivity index is 1.71. The normalized spacial score (nSPS) is 36.6. The molecule has 82 valence electrons. The maximum Gasteiger partial charge on any atom is 0.250 e. The van der Waals surface area contributed by atoms with Crippen LogP contribution in [0, 0.1) is 11.8 Å². The molecule has 14 heavy (non-hydrogen) atoms. The van der Waals surface area contributed by atoms with Gasteiger partial charge >= 0.3 is 0 Å². The Morgan fingerprint density at radius 1 is 1.36 bits per heavy atom. The van der Waals surface area contributed by atoms with Crippen LogP contribution in [0.25, 0.3) is 0 Å². The molecular formula is C10H18F2N2. The van der Waals surface area contributed by atoms with Gasteiger partial charge in [0, 0.05) is 12.6 Å². The first-order valence-electron chi connectivity index (χ1n) is 5.49. The Morgan fingerprint density at radius 3 is 3.00 bits per heavy atom. The van der Waals surface area contributed by atoms with E-state index < -0.39 is 6.43 Å². The van der Waals surface area contributed by atoms with Crippen molar-refractivity contribution in [1.29, 1.82) is 0 Å². The van der Waals surface area contributed by atoms with Crippen LogP contribution in [-0.2, 0) is 0 Å². The van der Waals surface area contributed by atoms with Gasteiger partial charge in [0.2, 0.25) is 0 Å². The number of hydrogen-bond donors (Lipinski definition) is 2. The van der Waals surface area contributed by atoms with Gasteiger partial charge in [0.25, 0.3) is 6.43 Å². The quantitative estimate of drug-likeness (QED) is 0.719. The second-order valence-electron chi connectivity index (χ2n) is 4.42. The van der Waals surface area contributed by atoms with E-state index in [9.17, 15) is 8.78 Å². The lowest BCUT2D eigenvalue weighted by Gasteiger charge is -2.18. The molecule has 1 saturated heterocycles. The molecule has 1 aliphatic heterocycles. The van der Waals surface area contributed by atoms with Gasteiger partial charge in [0.1, 0.15) is 0 Å². The van der Waals surface area contributed by atoms with Crippen molar-refractivity contribution in [3.05, 3.63) is 0 Å². The van der Waals surface area contributed by atoms with Crippen molar-refractivity contribution in [3.8, 4) is 0 Å². The zero-order valence-electron chi connectivity index (χ0n) is 8.31. The first-order valence-corrected chi connectivity index (χ1v) is 5.49. The number of fused-ring (bicyclic) bond motifs is 1. The fraction of sp³-hybridized carbons (Fsp3) is 1.00. The highest BCUT2D eigenvalue weighted by atomic mass is 19.3. The molecule has 4 heteroatoms. The van der Waals surface area contributed by atoms with E-state index in [1.807, 2.05) is 0 Å². The van der Waals surface area contributed by atoms with Gasteiger partial charge in [0.15, 0.2) is 0 Å². The fourth-order valence-corrected chi connectivity index (χ4v) is 2.87. The minimum Gasteiger partial charge on any atom is -0.312 e. The summed E-state index contributed by atoms with van der Waals surface area (Å²) in [6, 6.07) is 0.432. The van der Waals surface area contributed by atoms with Gasteiger partial charge < -0.3 is 10.6 Å². The van der Waals surface area contributed by atoms with E-state index in [0.29, 0.717) is 12.6 Å². The third-order valence-electron chi connectivity index (χ3n) is 3.54. The molecule has 2 N–H and O–H groups in total. The average molecular weight is 204 g/mol. The smallest absolute Gasteiger partial charge is 0.250 e. The highest BCUT2D eigenvalue weighted by Crippen LogP contribution is 2.37. The number of rotatable bonds is 4. The Kier molecular flexibility index (Phi) is 3.34. The summed E-state index contributed by atoms with van der Waals surface area (Å²) in [4.78, 5) is 0. The summed E-state index contributed by atoms with van der Waals surface area (Å²) in [5.41, 5.74) is 0. The van der Waals surface area contributed by atoms with Crippen LogP contribution in [0.15, 0.2) is 0 Å². The Morgan fingerprint density at radius 2 is 2.21 bits per heavy atom. The summed E-state index contributed by atoms with van der Waals surface area (Å²) in [7, 11) is 0. The van der Waals surface area contributed by atoms with Gasteiger partial charge in [-0.1, -0.05) is 6.42 Å². The van der Waals surface area contributed by atoms with Crippen molar-refractivity contribution in [2.75, 3.05) is 19.6 Å². The summed E-state index contributed by atoms with van der Waals surface area (Å²) in [6.45, 7) is 1.62. The van der Waals surface area contributed by atoms with Crippen molar-refractivity contribution in [3.63, 3.8) is 0 Å². The van der Waals surface area contributed by atoms with Crippen molar-refractivity contribution in [1.82, 2.24) is 10.6 Å². The molecule has 1 aliphatic carbocycles. The maximum absolute atomic E-state index is 11.9. The van der Waals surface area contributed by atoms with Gasteiger partial charge in [0.05, 0.1) is 6.54 Å². The fourth-order valence-electron chi connectivity index (χ4n) is 2.87. The molecule has 2 rings (SSSR count). The van der Waals surface area contributed by atoms with Crippen LogP contribution < -0.4 is 10.6 Å². The number of nitrogens with one attached hydrogen (secondary N) is 2. The molecule has 0 spiro atoms. The Labute approximate surface area is 83.4 Å². The lowest BCUT2D eigenvalue weighted by atomic mass is 9.94. The number of alkyl halides is 2. The average Bonchev–Trinajstić information content (AvgIpc) is 2.67. The van der Waals surface area contributed by atoms with Gasteiger partial charge in [-0.05, 0) is 31.2 Å². The second kappa shape index (κ2) is 4.53. The van der Waals surface area contributed by atoms with Gasteiger partial charge in [-0.3, -0.25) is 0 Å². The van der Waals surface area contributed by atoms with E-state index >= 15 is 0 Å². The summed E-state index contributed by atoms with van der Waals surface area (Å²) >= 11 is 0. The SMILES string of the molecule is FC(F)CNCC1NCC2CCCC21. The van der Waals surface area contributed by atoms with Crippen molar-refractivity contribution < 1.29 is 8.78 Å². The summed E-state index contributed by atoms with van der Waals surface area (Å²) in [5.74, 6) is 1.55. The van der Waals surface area contributed by atoms with Crippen molar-refractivity contribution >= 4 is 0 Å². The molecule has 2 fully saturated rings. The van der Waals surface area contributed by atoms with E-state index in [1.54, 1.807) is 0 Å². The van der Waals surface area contributed by atoms with Gasteiger partial charge in [-0.25, -0.2) is 8.78 Å². The predicted octanol–water partition coefficient (Wildman–Crippen LogP) is 1.23. The zero-order valence-corrected chi connectivity index (χ0v) is 8.31. The molecule has 0 bridgehead atoms. The highest BCUT2D eigenvalue weighted by Gasteiger charge is 2.38. The molecule has 1 heterocycles. The number of halogens is 2. The van der Waals surface area contributed by atoms with Crippen LogP contribution in [-0.4, -0.2) is 32.1 Å². The monoisotopic (exact) mass is 204 g/mol. The van der Waals surface area contributed by atoms with Crippen LogP contribution in [0.2, 0.25) is 0 Å². The minimum atomic E-state index is -2.23. The zero-order chi connectivity index (χ0) is 9.97.